The van der Waals surface area contributed by atoms with Crippen LogP contribution in [-0.4, -0.2) is 19.2 Å². The average molecular weight is 539 g/mol. The summed E-state index contributed by atoms with van der Waals surface area (Å²) in [6.45, 7) is 0.0730. The molecule has 0 heterocycles. The predicted molar refractivity (Wildman–Crippen MR) is 123 cm³/mol. The highest BCUT2D eigenvalue weighted by Gasteiger charge is 2.13. The normalized spacial score (nSPS) is 10.8. The van der Waals surface area contributed by atoms with Crippen LogP contribution < -0.4 is 14.9 Å². The number of amides is 1. The summed E-state index contributed by atoms with van der Waals surface area (Å²) in [6, 6.07) is 16.5. The van der Waals surface area contributed by atoms with Crippen LogP contribution in [0, 0.1) is 9.39 Å². The number of benzene rings is 3. The van der Waals surface area contributed by atoms with Gasteiger partial charge in [0.2, 0.25) is 0 Å². The molecule has 0 atom stereocenters. The van der Waals surface area contributed by atoms with Gasteiger partial charge in [-0.1, -0.05) is 29.8 Å². The first kappa shape index (κ1) is 22.0. The van der Waals surface area contributed by atoms with Crippen LogP contribution in [0.4, 0.5) is 4.39 Å². The molecule has 0 radical (unpaired) electrons. The van der Waals surface area contributed by atoms with Gasteiger partial charge in [0.25, 0.3) is 5.91 Å². The second-order valence-corrected chi connectivity index (χ2v) is 7.72. The largest absolute Gasteiger partial charge is 0.493 e. The summed E-state index contributed by atoms with van der Waals surface area (Å²) in [4.78, 5) is 12.1. The van der Waals surface area contributed by atoms with Crippen LogP contribution in [0.2, 0.25) is 5.02 Å². The smallest absolute Gasteiger partial charge is 0.271 e. The molecule has 0 spiro atoms. The van der Waals surface area contributed by atoms with Gasteiger partial charge in [-0.15, -0.1) is 0 Å². The van der Waals surface area contributed by atoms with Crippen molar-refractivity contribution < 1.29 is 18.7 Å². The average Bonchev–Trinajstić information content (AvgIpc) is 2.74. The molecule has 30 heavy (non-hydrogen) atoms. The Bertz CT molecular complexity index is 1070. The molecule has 0 aliphatic rings. The second-order valence-electron chi connectivity index (χ2n) is 6.12. The van der Waals surface area contributed by atoms with Crippen LogP contribution in [0.5, 0.6) is 11.5 Å². The van der Waals surface area contributed by atoms with Crippen molar-refractivity contribution in [2.45, 2.75) is 6.61 Å². The van der Waals surface area contributed by atoms with Crippen LogP contribution in [0.1, 0.15) is 21.5 Å². The molecule has 1 N–H and O–H groups in total. The number of hydrogen-bond donors (Lipinski definition) is 1. The summed E-state index contributed by atoms with van der Waals surface area (Å²) in [5, 5.41) is 4.53. The van der Waals surface area contributed by atoms with E-state index in [4.69, 9.17) is 21.1 Å². The Kier molecular flexibility index (Phi) is 7.64. The fraction of sp³-hybridized carbons (Fsp3) is 0.0909. The number of rotatable bonds is 7. The minimum absolute atomic E-state index is 0.0730. The number of hydrazone groups is 1. The van der Waals surface area contributed by atoms with Crippen LogP contribution >= 0.6 is 34.2 Å². The minimum atomic E-state index is -0.352. The lowest BCUT2D eigenvalue weighted by Gasteiger charge is -2.14. The maximum atomic E-state index is 13.8. The van der Waals surface area contributed by atoms with E-state index in [0.29, 0.717) is 33.2 Å². The molecule has 1 amide bonds. The molecule has 3 rings (SSSR count). The minimum Gasteiger partial charge on any atom is -0.493 e. The van der Waals surface area contributed by atoms with Crippen LogP contribution in [0.3, 0.4) is 0 Å². The number of ether oxygens (including phenoxy) is 2. The monoisotopic (exact) mass is 538 g/mol. The quantitative estimate of drug-likeness (QED) is 0.248. The Hall–Kier alpha value is -2.65. The molecular formula is C22H17ClFIN2O3. The summed E-state index contributed by atoms with van der Waals surface area (Å²) in [6.07, 6.45) is 1.50. The number of halogens is 3. The highest BCUT2D eigenvalue weighted by molar-refractivity contribution is 14.1. The zero-order valence-electron chi connectivity index (χ0n) is 15.9. The van der Waals surface area contributed by atoms with Gasteiger partial charge < -0.3 is 9.47 Å². The maximum absolute atomic E-state index is 13.8. The zero-order chi connectivity index (χ0) is 21.5. The first-order valence-corrected chi connectivity index (χ1v) is 10.3. The molecule has 0 saturated carbocycles. The highest BCUT2D eigenvalue weighted by Crippen LogP contribution is 2.34. The van der Waals surface area contributed by atoms with Crippen molar-refractivity contribution in [1.29, 1.82) is 0 Å². The van der Waals surface area contributed by atoms with Gasteiger partial charge in [-0.05, 0) is 70.6 Å². The third-order valence-electron chi connectivity index (χ3n) is 4.07. The SMILES string of the molecule is COc1cc(/C=N\NC(=O)c2ccc(Cl)cc2)cc(I)c1OCc1ccccc1F. The van der Waals surface area contributed by atoms with Gasteiger partial charge in [0.1, 0.15) is 12.4 Å². The van der Waals surface area contributed by atoms with Crippen molar-refractivity contribution in [3.63, 3.8) is 0 Å². The van der Waals surface area contributed by atoms with Crippen LogP contribution in [0.15, 0.2) is 65.8 Å². The lowest BCUT2D eigenvalue weighted by atomic mass is 10.2. The number of nitrogens with zero attached hydrogens (tertiary/aromatic N) is 1. The van der Waals surface area contributed by atoms with Crippen molar-refractivity contribution in [3.8, 4) is 11.5 Å². The Labute approximate surface area is 192 Å². The molecule has 0 aliphatic heterocycles. The van der Waals surface area contributed by atoms with Crippen molar-refractivity contribution >= 4 is 46.3 Å². The lowest BCUT2D eigenvalue weighted by molar-refractivity contribution is 0.0955. The maximum Gasteiger partial charge on any atom is 0.271 e. The molecule has 154 valence electrons. The zero-order valence-corrected chi connectivity index (χ0v) is 18.8. The van der Waals surface area contributed by atoms with Crippen molar-refractivity contribution in [1.82, 2.24) is 5.43 Å². The number of methoxy groups -OCH3 is 1. The van der Waals surface area contributed by atoms with E-state index in [9.17, 15) is 9.18 Å². The lowest BCUT2D eigenvalue weighted by Crippen LogP contribution is -2.17. The highest BCUT2D eigenvalue weighted by atomic mass is 127. The second kappa shape index (κ2) is 10.4. The van der Waals surface area contributed by atoms with Crippen LogP contribution in [0.25, 0.3) is 0 Å². The number of carbonyl (C=O) groups excluding carboxylic acids is 1. The molecule has 3 aromatic rings. The van der Waals surface area contributed by atoms with E-state index < -0.39 is 0 Å². The summed E-state index contributed by atoms with van der Waals surface area (Å²) in [7, 11) is 1.52. The van der Waals surface area contributed by atoms with Gasteiger partial charge in [-0.2, -0.15) is 5.10 Å². The van der Waals surface area contributed by atoms with Gasteiger partial charge >= 0.3 is 0 Å². The fourth-order valence-electron chi connectivity index (χ4n) is 2.55. The van der Waals surface area contributed by atoms with Gasteiger partial charge in [0.05, 0.1) is 16.9 Å². The first-order chi connectivity index (χ1) is 14.5. The molecule has 8 heteroatoms. The molecule has 0 unspecified atom stereocenters. The Morgan fingerprint density at radius 3 is 2.63 bits per heavy atom. The molecule has 0 saturated heterocycles. The van der Waals surface area contributed by atoms with Crippen molar-refractivity contribution in [2.75, 3.05) is 7.11 Å². The Morgan fingerprint density at radius 2 is 1.93 bits per heavy atom. The molecule has 0 aromatic heterocycles. The van der Waals surface area contributed by atoms with E-state index in [1.54, 1.807) is 48.5 Å². The van der Waals surface area contributed by atoms with E-state index in [1.165, 1.54) is 19.4 Å². The van der Waals surface area contributed by atoms with E-state index in [2.05, 4.69) is 33.1 Å². The predicted octanol–water partition coefficient (Wildman–Crippen LogP) is 5.44. The van der Waals surface area contributed by atoms with E-state index in [1.807, 2.05) is 6.07 Å². The van der Waals surface area contributed by atoms with E-state index in [-0.39, 0.29) is 18.3 Å². The van der Waals surface area contributed by atoms with Gasteiger partial charge in [0.15, 0.2) is 11.5 Å². The summed E-state index contributed by atoms with van der Waals surface area (Å²) >= 11 is 7.92. The Balaban J connectivity index is 1.70. The van der Waals surface area contributed by atoms with E-state index in [0.717, 1.165) is 3.57 Å². The number of hydrogen-bond acceptors (Lipinski definition) is 4. The molecule has 3 aromatic carbocycles. The van der Waals surface area contributed by atoms with Gasteiger partial charge in [-0.25, -0.2) is 9.82 Å². The first-order valence-electron chi connectivity index (χ1n) is 8.80. The summed E-state index contributed by atoms with van der Waals surface area (Å²) in [5.74, 6) is 0.300. The third-order valence-corrected chi connectivity index (χ3v) is 5.12. The Morgan fingerprint density at radius 1 is 1.20 bits per heavy atom. The van der Waals surface area contributed by atoms with Crippen LogP contribution in [-0.2, 0) is 6.61 Å². The number of carbonyl (C=O) groups is 1. The molecular weight excluding hydrogens is 522 g/mol. The molecule has 0 fully saturated rings. The topological polar surface area (TPSA) is 59.9 Å². The van der Waals surface area contributed by atoms with Gasteiger partial charge in [0, 0.05) is 16.1 Å². The third kappa shape index (κ3) is 5.70. The molecule has 0 aliphatic carbocycles. The fourth-order valence-corrected chi connectivity index (χ4v) is 3.46. The van der Waals surface area contributed by atoms with E-state index >= 15 is 0 Å². The number of nitrogens with one attached hydrogen (secondary N) is 1. The molecule has 0 bridgehead atoms. The van der Waals surface area contributed by atoms with Crippen molar-refractivity contribution in [3.05, 3.63) is 91.8 Å². The molecule has 5 nitrogen and oxygen atoms in total. The van der Waals surface area contributed by atoms with Gasteiger partial charge in [-0.3, -0.25) is 4.79 Å². The summed E-state index contributed by atoms with van der Waals surface area (Å²) < 4.78 is 25.8. The van der Waals surface area contributed by atoms with Crippen molar-refractivity contribution in [2.24, 2.45) is 5.10 Å². The standard InChI is InChI=1S/C22H17ClFIN2O3/c1-29-20-11-14(12-26-27-22(28)15-6-8-17(23)9-7-15)10-19(25)21(20)30-13-16-4-2-3-5-18(16)24/h2-12H,13H2,1H3,(H,27,28)/b26-12-. The summed E-state index contributed by atoms with van der Waals surface area (Å²) in [5.41, 5.74) is 4.06.